The van der Waals surface area contributed by atoms with Gasteiger partial charge in [-0.25, -0.2) is 13.8 Å². The molecule has 0 spiro atoms. The Morgan fingerprint density at radius 3 is 2.89 bits per heavy atom. The van der Waals surface area contributed by atoms with E-state index >= 15 is 0 Å². The average molecular weight is 383 g/mol. The number of aromatic nitrogens is 2. The number of likely N-dealkylation sites (tertiary alicyclic amines) is 1. The molecule has 1 fully saturated rings. The van der Waals surface area contributed by atoms with Crippen LogP contribution in [0.25, 0.3) is 11.5 Å². The molecule has 0 N–H and O–H groups in total. The number of carbonyl (C=O) groups excluding carboxylic acids is 1. The molecule has 1 atom stereocenters. The number of halogens is 2. The van der Waals surface area contributed by atoms with E-state index in [1.807, 2.05) is 13.0 Å². The number of aryl methyl sites for hydroxylation is 1. The summed E-state index contributed by atoms with van der Waals surface area (Å²) >= 11 is 0. The number of benzene rings is 1. The summed E-state index contributed by atoms with van der Waals surface area (Å²) in [6, 6.07) is 5.09. The van der Waals surface area contributed by atoms with Gasteiger partial charge in [0, 0.05) is 42.5 Å². The van der Waals surface area contributed by atoms with Gasteiger partial charge in [-0.2, -0.15) is 0 Å². The van der Waals surface area contributed by atoms with Crippen LogP contribution >= 0.6 is 0 Å². The van der Waals surface area contributed by atoms with Crippen LogP contribution in [0.15, 0.2) is 47.3 Å². The normalized spacial score (nSPS) is 17.0. The van der Waals surface area contributed by atoms with E-state index in [0.29, 0.717) is 19.0 Å². The lowest BCUT2D eigenvalue weighted by molar-refractivity contribution is 0.0705. The van der Waals surface area contributed by atoms with Crippen LogP contribution < -0.4 is 0 Å². The van der Waals surface area contributed by atoms with Crippen molar-refractivity contribution in [1.29, 1.82) is 0 Å². The first-order valence-electron chi connectivity index (χ1n) is 9.13. The Kier molecular flexibility index (Phi) is 4.90. The van der Waals surface area contributed by atoms with Crippen LogP contribution in [0.4, 0.5) is 8.78 Å². The summed E-state index contributed by atoms with van der Waals surface area (Å²) in [4.78, 5) is 23.0. The van der Waals surface area contributed by atoms with Gasteiger partial charge < -0.3 is 9.32 Å². The molecule has 1 aliphatic heterocycles. The molecule has 1 amide bonds. The first-order chi connectivity index (χ1) is 13.5. The summed E-state index contributed by atoms with van der Waals surface area (Å²) in [5.74, 6) is -1.73. The fourth-order valence-corrected chi connectivity index (χ4v) is 3.53. The molecule has 3 aromatic rings. The highest BCUT2D eigenvalue weighted by molar-refractivity contribution is 5.94. The highest BCUT2D eigenvalue weighted by Gasteiger charge is 2.28. The number of carbonyl (C=O) groups is 1. The largest absolute Gasteiger partial charge is 0.444 e. The molecule has 0 radical (unpaired) electrons. The molecule has 0 unspecified atom stereocenters. The Hall–Kier alpha value is -3.09. The summed E-state index contributed by atoms with van der Waals surface area (Å²) in [6.45, 7) is 2.97. The Labute approximate surface area is 161 Å². The zero-order valence-corrected chi connectivity index (χ0v) is 15.4. The molecule has 28 heavy (non-hydrogen) atoms. The second-order valence-electron chi connectivity index (χ2n) is 6.99. The first kappa shape index (κ1) is 18.3. The first-order valence-corrected chi connectivity index (χ1v) is 9.13. The van der Waals surface area contributed by atoms with Crippen molar-refractivity contribution < 1.29 is 18.0 Å². The van der Waals surface area contributed by atoms with E-state index in [2.05, 4.69) is 9.97 Å². The molecule has 2 aromatic heterocycles. The zero-order valence-electron chi connectivity index (χ0n) is 15.4. The average Bonchev–Trinajstić information content (AvgIpc) is 3.20. The second-order valence-corrected chi connectivity index (χ2v) is 6.99. The summed E-state index contributed by atoms with van der Waals surface area (Å²) in [5, 5.41) is 0. The quantitative estimate of drug-likeness (QED) is 0.675. The number of hydrogen-bond donors (Lipinski definition) is 0. The van der Waals surface area contributed by atoms with Crippen molar-refractivity contribution in [1.82, 2.24) is 14.9 Å². The Balaban J connectivity index is 1.52. The molecule has 144 valence electrons. The molecule has 4 rings (SSSR count). The lowest BCUT2D eigenvalue weighted by Gasteiger charge is -2.32. The summed E-state index contributed by atoms with van der Waals surface area (Å²) in [5.41, 5.74) is 2.78. The minimum Gasteiger partial charge on any atom is -0.444 e. The molecule has 1 aromatic carbocycles. The predicted octanol–water partition coefficient (Wildman–Crippen LogP) is 4.34. The van der Waals surface area contributed by atoms with Crippen LogP contribution in [0.5, 0.6) is 0 Å². The molecule has 1 saturated heterocycles. The lowest BCUT2D eigenvalue weighted by atomic mass is 9.95. The Morgan fingerprint density at radius 1 is 1.25 bits per heavy atom. The molecule has 1 aliphatic rings. The van der Waals surface area contributed by atoms with Gasteiger partial charge in [0.1, 0.15) is 6.26 Å². The fraction of sp³-hybridized carbons (Fsp3) is 0.286. The van der Waals surface area contributed by atoms with Crippen molar-refractivity contribution in [3.05, 3.63) is 71.4 Å². The number of pyridine rings is 1. The van der Waals surface area contributed by atoms with Gasteiger partial charge in [-0.15, -0.1) is 0 Å². The molecule has 0 bridgehead atoms. The number of rotatable bonds is 3. The lowest BCUT2D eigenvalue weighted by Crippen LogP contribution is -2.39. The zero-order chi connectivity index (χ0) is 19.7. The maximum atomic E-state index is 13.5. The fourth-order valence-electron chi connectivity index (χ4n) is 3.53. The SMILES string of the molecule is Cc1cnccc1-c1nc([C@H]2CCCN(C(=O)c3ccc(F)c(F)c3)C2)co1. The maximum Gasteiger partial charge on any atom is 0.253 e. The number of piperidine rings is 1. The molecular weight excluding hydrogens is 364 g/mol. The molecule has 0 aliphatic carbocycles. The van der Waals surface area contributed by atoms with Crippen LogP contribution in [-0.4, -0.2) is 33.9 Å². The van der Waals surface area contributed by atoms with E-state index in [0.717, 1.165) is 41.8 Å². The smallest absolute Gasteiger partial charge is 0.253 e. The van der Waals surface area contributed by atoms with Crippen molar-refractivity contribution in [2.24, 2.45) is 0 Å². The topological polar surface area (TPSA) is 59.2 Å². The highest BCUT2D eigenvalue weighted by Crippen LogP contribution is 2.30. The predicted molar refractivity (Wildman–Crippen MR) is 98.7 cm³/mol. The standard InChI is InChI=1S/C21H19F2N3O2/c1-13-10-24-7-6-16(13)20-25-19(12-28-20)15-3-2-8-26(11-15)21(27)14-4-5-17(22)18(23)9-14/h4-7,9-10,12,15H,2-3,8,11H2,1H3/t15-/m0/s1. The van der Waals surface area contributed by atoms with Crippen LogP contribution in [-0.2, 0) is 0 Å². The molecule has 0 saturated carbocycles. The van der Waals surface area contributed by atoms with Crippen LogP contribution in [0, 0.1) is 18.6 Å². The van der Waals surface area contributed by atoms with Crippen molar-refractivity contribution >= 4 is 5.91 Å². The van der Waals surface area contributed by atoms with Crippen LogP contribution in [0.3, 0.4) is 0 Å². The third-order valence-corrected chi connectivity index (χ3v) is 5.07. The molecule has 5 nitrogen and oxygen atoms in total. The van der Waals surface area contributed by atoms with Gasteiger partial charge in [-0.3, -0.25) is 9.78 Å². The van der Waals surface area contributed by atoms with Gasteiger partial charge in [-0.05, 0) is 49.6 Å². The van der Waals surface area contributed by atoms with E-state index in [4.69, 9.17) is 4.42 Å². The van der Waals surface area contributed by atoms with Gasteiger partial charge in [0.15, 0.2) is 11.6 Å². The number of hydrogen-bond acceptors (Lipinski definition) is 4. The van der Waals surface area contributed by atoms with Gasteiger partial charge in [-0.1, -0.05) is 0 Å². The highest BCUT2D eigenvalue weighted by atomic mass is 19.2. The minimum atomic E-state index is -1.02. The van der Waals surface area contributed by atoms with Gasteiger partial charge in [0.2, 0.25) is 5.89 Å². The number of amides is 1. The Bertz CT molecular complexity index is 1020. The van der Waals surface area contributed by atoms with Crippen molar-refractivity contribution in [2.75, 3.05) is 13.1 Å². The summed E-state index contributed by atoms with van der Waals surface area (Å²) in [7, 11) is 0. The van der Waals surface area contributed by atoms with Crippen molar-refractivity contribution in [2.45, 2.75) is 25.7 Å². The summed E-state index contributed by atoms with van der Waals surface area (Å²) in [6.07, 6.45) is 6.75. The van der Waals surface area contributed by atoms with E-state index in [1.165, 1.54) is 6.07 Å². The molecular formula is C21H19F2N3O2. The molecule has 7 heteroatoms. The third kappa shape index (κ3) is 3.52. The van der Waals surface area contributed by atoms with E-state index in [9.17, 15) is 13.6 Å². The maximum absolute atomic E-state index is 13.5. The number of nitrogens with zero attached hydrogens (tertiary/aromatic N) is 3. The van der Waals surface area contributed by atoms with E-state index in [1.54, 1.807) is 23.6 Å². The van der Waals surface area contributed by atoms with E-state index in [-0.39, 0.29) is 17.4 Å². The van der Waals surface area contributed by atoms with Gasteiger partial charge >= 0.3 is 0 Å². The molecule has 3 heterocycles. The minimum absolute atomic E-state index is 0.0302. The monoisotopic (exact) mass is 383 g/mol. The van der Waals surface area contributed by atoms with E-state index < -0.39 is 11.6 Å². The third-order valence-electron chi connectivity index (χ3n) is 5.07. The number of oxazole rings is 1. The summed E-state index contributed by atoms with van der Waals surface area (Å²) < 4.78 is 32.3. The van der Waals surface area contributed by atoms with Crippen LogP contribution in [0.2, 0.25) is 0 Å². The van der Waals surface area contributed by atoms with Crippen molar-refractivity contribution in [3.8, 4) is 11.5 Å². The Morgan fingerprint density at radius 2 is 2.11 bits per heavy atom. The second kappa shape index (κ2) is 7.50. The van der Waals surface area contributed by atoms with Crippen LogP contribution in [0.1, 0.15) is 40.4 Å². The van der Waals surface area contributed by atoms with Gasteiger partial charge in [0.25, 0.3) is 5.91 Å². The van der Waals surface area contributed by atoms with Gasteiger partial charge in [0.05, 0.1) is 5.69 Å². The van der Waals surface area contributed by atoms with Crippen molar-refractivity contribution in [3.63, 3.8) is 0 Å².